The van der Waals surface area contributed by atoms with E-state index in [-0.39, 0.29) is 23.5 Å². The predicted molar refractivity (Wildman–Crippen MR) is 107 cm³/mol. The lowest BCUT2D eigenvalue weighted by Gasteiger charge is -2.33. The summed E-state index contributed by atoms with van der Waals surface area (Å²) >= 11 is 0. The van der Waals surface area contributed by atoms with Gasteiger partial charge in [0.2, 0.25) is 11.8 Å². The number of nitrogens with one attached hydrogen (secondary N) is 1. The third-order valence-electron chi connectivity index (χ3n) is 7.60. The average Bonchev–Trinajstić information content (AvgIpc) is 3.19. The molecule has 4 atom stereocenters. The first-order chi connectivity index (χ1) is 13.9. The number of Topliss-reactive ketones (excluding diaryl/α,β-unsaturated/α-hetero) is 1. The largest absolute Gasteiger partial charge is 0.339 e. The molecule has 4 rings (SSSR count). The van der Waals surface area contributed by atoms with Gasteiger partial charge in [-0.25, -0.2) is 0 Å². The Bertz CT molecular complexity index is 728. The smallest absolute Gasteiger partial charge is 0.243 e. The summed E-state index contributed by atoms with van der Waals surface area (Å²) < 4.78 is 0. The van der Waals surface area contributed by atoms with Crippen LogP contribution in [0.5, 0.6) is 0 Å². The number of rotatable bonds is 7. The van der Waals surface area contributed by atoms with E-state index in [1.807, 2.05) is 7.05 Å². The van der Waals surface area contributed by atoms with E-state index in [4.69, 9.17) is 0 Å². The van der Waals surface area contributed by atoms with Crippen molar-refractivity contribution in [2.24, 2.45) is 11.8 Å². The van der Waals surface area contributed by atoms with Crippen LogP contribution in [0, 0.1) is 23.2 Å². The number of likely N-dealkylation sites (N-methyl/N-ethyl adjacent to an activating group) is 1. The highest BCUT2D eigenvalue weighted by atomic mass is 16.2. The third kappa shape index (κ3) is 3.92. The number of likely N-dealkylation sites (tertiary alicyclic amines) is 2. The van der Waals surface area contributed by atoms with Crippen LogP contribution in [0.4, 0.5) is 0 Å². The molecule has 2 saturated carbocycles. The van der Waals surface area contributed by atoms with Crippen LogP contribution < -0.4 is 5.32 Å². The minimum Gasteiger partial charge on any atom is -0.339 e. The molecule has 0 aromatic heterocycles. The summed E-state index contributed by atoms with van der Waals surface area (Å²) in [6.07, 6.45) is 8.19. The van der Waals surface area contributed by atoms with Gasteiger partial charge in [0.1, 0.15) is 23.4 Å². The molecule has 4 aliphatic rings. The van der Waals surface area contributed by atoms with Crippen LogP contribution in [0.3, 0.4) is 0 Å². The van der Waals surface area contributed by atoms with Gasteiger partial charge in [0.25, 0.3) is 0 Å². The van der Waals surface area contributed by atoms with Gasteiger partial charge in [-0.3, -0.25) is 19.3 Å². The quantitative estimate of drug-likeness (QED) is 0.701. The van der Waals surface area contributed by atoms with Crippen molar-refractivity contribution < 1.29 is 14.4 Å². The molecule has 1 spiro atoms. The van der Waals surface area contributed by atoms with Crippen molar-refractivity contribution in [3.8, 4) is 6.07 Å². The highest BCUT2D eigenvalue weighted by Gasteiger charge is 2.54. The first kappa shape index (κ1) is 20.3. The van der Waals surface area contributed by atoms with Gasteiger partial charge < -0.3 is 10.2 Å². The van der Waals surface area contributed by atoms with E-state index >= 15 is 0 Å². The molecule has 7 nitrogen and oxygen atoms in total. The minimum absolute atomic E-state index is 0.0813. The lowest BCUT2D eigenvalue weighted by molar-refractivity contribution is -0.143. The normalized spacial score (nSPS) is 32.0. The molecule has 0 radical (unpaired) electrons. The van der Waals surface area contributed by atoms with E-state index in [0.29, 0.717) is 31.7 Å². The first-order valence-electron chi connectivity index (χ1n) is 11.2. The van der Waals surface area contributed by atoms with Gasteiger partial charge in [-0.05, 0) is 64.5 Å². The van der Waals surface area contributed by atoms with Gasteiger partial charge in [0.05, 0.1) is 6.07 Å². The molecule has 2 heterocycles. The van der Waals surface area contributed by atoms with Gasteiger partial charge in [-0.1, -0.05) is 12.8 Å². The van der Waals surface area contributed by atoms with E-state index in [2.05, 4.69) is 16.3 Å². The molecule has 4 unspecified atom stereocenters. The summed E-state index contributed by atoms with van der Waals surface area (Å²) in [5.41, 5.74) is -0.438. The van der Waals surface area contributed by atoms with Crippen LogP contribution in [0.1, 0.15) is 64.2 Å². The van der Waals surface area contributed by atoms with Crippen molar-refractivity contribution in [3.05, 3.63) is 0 Å². The fraction of sp³-hybridized carbons (Fsp3) is 0.818. The number of amides is 2. The van der Waals surface area contributed by atoms with E-state index < -0.39 is 17.6 Å². The number of ketones is 1. The number of hydrogen-bond donors (Lipinski definition) is 1. The molecule has 2 aliphatic heterocycles. The second-order valence-corrected chi connectivity index (χ2v) is 9.48. The monoisotopic (exact) mass is 400 g/mol. The molecule has 0 aromatic carbocycles. The molecule has 2 amide bonds. The van der Waals surface area contributed by atoms with E-state index in [0.717, 1.165) is 51.5 Å². The molecule has 2 saturated heterocycles. The Morgan fingerprint density at radius 3 is 2.59 bits per heavy atom. The maximum atomic E-state index is 13.4. The van der Waals surface area contributed by atoms with Crippen LogP contribution in [0.15, 0.2) is 0 Å². The van der Waals surface area contributed by atoms with Crippen molar-refractivity contribution >= 4 is 17.6 Å². The molecule has 29 heavy (non-hydrogen) atoms. The maximum Gasteiger partial charge on any atom is 0.243 e. The van der Waals surface area contributed by atoms with Crippen LogP contribution >= 0.6 is 0 Å². The zero-order valence-corrected chi connectivity index (χ0v) is 17.4. The van der Waals surface area contributed by atoms with Gasteiger partial charge in [-0.15, -0.1) is 0 Å². The summed E-state index contributed by atoms with van der Waals surface area (Å²) in [5, 5.41) is 12.4. The Labute approximate surface area is 172 Å². The highest BCUT2D eigenvalue weighted by molar-refractivity contribution is 5.94. The molecule has 2 aliphatic carbocycles. The van der Waals surface area contributed by atoms with Crippen molar-refractivity contribution in [3.63, 3.8) is 0 Å². The van der Waals surface area contributed by atoms with Crippen LogP contribution in [-0.4, -0.2) is 65.2 Å². The van der Waals surface area contributed by atoms with Crippen molar-refractivity contribution in [1.29, 1.82) is 5.26 Å². The number of carbonyl (C=O) groups excluding carboxylic acids is 3. The van der Waals surface area contributed by atoms with Crippen molar-refractivity contribution in [2.45, 2.75) is 81.8 Å². The molecule has 0 bridgehead atoms. The Kier molecular flexibility index (Phi) is 5.65. The Hall–Kier alpha value is -1.94. The van der Waals surface area contributed by atoms with E-state index in [1.165, 1.54) is 0 Å². The summed E-state index contributed by atoms with van der Waals surface area (Å²) in [7, 11) is 2.01. The lowest BCUT2D eigenvalue weighted by Crippen LogP contribution is -2.55. The fourth-order valence-electron chi connectivity index (χ4n) is 5.56. The minimum atomic E-state index is -0.669. The van der Waals surface area contributed by atoms with Crippen LogP contribution in [0.25, 0.3) is 0 Å². The Balaban J connectivity index is 1.45. The molecular weight excluding hydrogens is 368 g/mol. The Morgan fingerprint density at radius 2 is 2.00 bits per heavy atom. The van der Waals surface area contributed by atoms with Crippen molar-refractivity contribution in [1.82, 2.24) is 15.1 Å². The zero-order chi connectivity index (χ0) is 20.6. The zero-order valence-electron chi connectivity index (χ0n) is 17.4. The molecule has 1 N–H and O–H groups in total. The summed E-state index contributed by atoms with van der Waals surface area (Å²) in [6.45, 7) is 1.53. The van der Waals surface area contributed by atoms with Gasteiger partial charge >= 0.3 is 0 Å². The summed E-state index contributed by atoms with van der Waals surface area (Å²) in [6, 6.07) is 0.995. The van der Waals surface area contributed by atoms with Gasteiger partial charge in [0.15, 0.2) is 0 Å². The van der Waals surface area contributed by atoms with E-state index in [1.54, 1.807) is 4.90 Å². The average molecular weight is 401 g/mol. The van der Waals surface area contributed by atoms with Gasteiger partial charge in [0, 0.05) is 18.9 Å². The second kappa shape index (κ2) is 8.06. The third-order valence-corrected chi connectivity index (χ3v) is 7.60. The molecule has 0 aromatic rings. The highest BCUT2D eigenvalue weighted by Crippen LogP contribution is 2.41. The Morgan fingerprint density at radius 1 is 1.21 bits per heavy atom. The van der Waals surface area contributed by atoms with Crippen molar-refractivity contribution in [2.75, 3.05) is 20.1 Å². The van der Waals surface area contributed by atoms with Gasteiger partial charge in [-0.2, -0.15) is 5.26 Å². The number of hydrogen-bond acceptors (Lipinski definition) is 5. The number of carbonyl (C=O) groups is 3. The molecule has 7 heteroatoms. The molecular formula is C22H32N4O3. The SMILES string of the molecule is CN1CCCC12CCN(C(CC1CC1)C(=O)NC(C#N)CC1CCCC1=O)C2=O. The topological polar surface area (TPSA) is 93.5 Å². The number of nitrogens with zero attached hydrogens (tertiary/aromatic N) is 3. The lowest BCUT2D eigenvalue weighted by atomic mass is 9.94. The predicted octanol–water partition coefficient (Wildman–Crippen LogP) is 1.62. The molecule has 158 valence electrons. The first-order valence-corrected chi connectivity index (χ1v) is 11.2. The summed E-state index contributed by atoms with van der Waals surface area (Å²) in [5.74, 6) is 0.437. The maximum absolute atomic E-state index is 13.4. The van der Waals surface area contributed by atoms with Crippen LogP contribution in [0.2, 0.25) is 0 Å². The fourth-order valence-corrected chi connectivity index (χ4v) is 5.56. The standard InChI is InChI=1S/C22H32N4O3/c1-25-10-3-8-22(25)9-11-26(21(22)29)18(12-15-6-7-15)20(28)24-17(14-23)13-16-4-2-5-19(16)27/h15-18H,2-13H2,1H3,(H,24,28). The number of nitriles is 1. The molecule has 4 fully saturated rings. The van der Waals surface area contributed by atoms with Crippen LogP contribution in [-0.2, 0) is 14.4 Å². The summed E-state index contributed by atoms with van der Waals surface area (Å²) in [4.78, 5) is 42.4. The second-order valence-electron chi connectivity index (χ2n) is 9.48. The van der Waals surface area contributed by atoms with E-state index in [9.17, 15) is 19.6 Å².